The highest BCUT2D eigenvalue weighted by Gasteiger charge is 2.18. The number of rotatable bonds is 1. The van der Waals surface area contributed by atoms with Crippen LogP contribution in [0.15, 0.2) is 42.7 Å². The van der Waals surface area contributed by atoms with Gasteiger partial charge in [0, 0.05) is 33.5 Å². The third-order valence-electron chi connectivity index (χ3n) is 4.72. The summed E-state index contributed by atoms with van der Waals surface area (Å²) in [5, 5.41) is 2.60. The summed E-state index contributed by atoms with van der Waals surface area (Å²) >= 11 is 0. The molecule has 0 saturated carbocycles. The molecule has 0 fully saturated rings. The maximum atomic E-state index is 3.61. The molecule has 104 valence electrons. The molecular formula is C19H19N2+. The summed E-state index contributed by atoms with van der Waals surface area (Å²) in [6, 6.07) is 10.7. The minimum atomic E-state index is 1.07. The zero-order valence-electron chi connectivity index (χ0n) is 12.7. The lowest BCUT2D eigenvalue weighted by atomic mass is 10.0. The molecule has 3 aromatic heterocycles. The monoisotopic (exact) mass is 275 g/mol. The molecule has 2 heteroatoms. The summed E-state index contributed by atoms with van der Waals surface area (Å²) in [4.78, 5) is 3.61. The summed E-state index contributed by atoms with van der Waals surface area (Å²) < 4.78 is 2.26. The van der Waals surface area contributed by atoms with Crippen molar-refractivity contribution in [3.05, 3.63) is 59.4 Å². The Hall–Kier alpha value is -2.35. The van der Waals surface area contributed by atoms with Crippen LogP contribution in [0.3, 0.4) is 0 Å². The first-order valence-corrected chi connectivity index (χ1v) is 7.54. The van der Waals surface area contributed by atoms with E-state index >= 15 is 0 Å². The highest BCUT2D eigenvalue weighted by atomic mass is 14.9. The van der Waals surface area contributed by atoms with E-state index < -0.39 is 0 Å². The highest BCUT2D eigenvalue weighted by molar-refractivity contribution is 6.11. The van der Waals surface area contributed by atoms with E-state index in [1.54, 1.807) is 0 Å². The Labute approximate surface area is 124 Å². The van der Waals surface area contributed by atoms with E-state index in [2.05, 4.69) is 72.9 Å². The number of pyridine rings is 2. The number of aromatic nitrogens is 2. The van der Waals surface area contributed by atoms with Crippen molar-refractivity contribution in [3.63, 3.8) is 0 Å². The minimum Gasteiger partial charge on any atom is -0.349 e. The first-order chi connectivity index (χ1) is 10.2. The predicted octanol–water partition coefficient (Wildman–Crippen LogP) is 4.24. The van der Waals surface area contributed by atoms with Gasteiger partial charge in [0.15, 0.2) is 12.4 Å². The van der Waals surface area contributed by atoms with Crippen LogP contribution in [0.2, 0.25) is 0 Å². The quantitative estimate of drug-likeness (QED) is 0.501. The summed E-state index contributed by atoms with van der Waals surface area (Å²) in [6.45, 7) is 6.68. The molecule has 2 nitrogen and oxygen atoms in total. The van der Waals surface area contributed by atoms with Crippen molar-refractivity contribution in [1.82, 2.24) is 4.98 Å². The summed E-state index contributed by atoms with van der Waals surface area (Å²) in [5.74, 6) is 0. The van der Waals surface area contributed by atoms with Crippen molar-refractivity contribution in [2.75, 3.05) is 0 Å². The molecule has 21 heavy (non-hydrogen) atoms. The van der Waals surface area contributed by atoms with Crippen molar-refractivity contribution < 1.29 is 4.40 Å². The molecule has 0 aliphatic rings. The largest absolute Gasteiger partial charge is 0.349 e. The number of hydrogen-bond donors (Lipinski definition) is 1. The van der Waals surface area contributed by atoms with Gasteiger partial charge >= 0.3 is 0 Å². The zero-order chi connectivity index (χ0) is 14.6. The molecule has 0 saturated heterocycles. The third kappa shape index (κ3) is 1.62. The van der Waals surface area contributed by atoms with Gasteiger partial charge in [-0.2, -0.15) is 4.40 Å². The Kier molecular flexibility index (Phi) is 2.55. The number of benzene rings is 1. The summed E-state index contributed by atoms with van der Waals surface area (Å²) in [7, 11) is 0. The molecule has 0 radical (unpaired) electrons. The van der Waals surface area contributed by atoms with Gasteiger partial charge in [0.25, 0.3) is 0 Å². The molecule has 4 rings (SSSR count). The van der Waals surface area contributed by atoms with E-state index in [0.29, 0.717) is 0 Å². The van der Waals surface area contributed by atoms with Crippen molar-refractivity contribution in [1.29, 1.82) is 0 Å². The molecular weight excluding hydrogens is 256 g/mol. The standard InChI is InChI=1S/C19H18N2/c1-4-14-11-21-10-9-16-15-7-5-6-8-17(15)20-18(16)19(21)13(3)12(14)2/h5-11H,4H2,1-3H3/p+1. The maximum Gasteiger partial charge on any atom is 0.238 e. The predicted molar refractivity (Wildman–Crippen MR) is 87.8 cm³/mol. The molecule has 0 aliphatic heterocycles. The van der Waals surface area contributed by atoms with Crippen LogP contribution in [0.4, 0.5) is 0 Å². The van der Waals surface area contributed by atoms with Gasteiger partial charge in [0.05, 0.1) is 0 Å². The Morgan fingerprint density at radius 1 is 1.00 bits per heavy atom. The lowest BCUT2D eigenvalue weighted by molar-refractivity contribution is -0.511. The fourth-order valence-electron chi connectivity index (χ4n) is 3.41. The zero-order valence-corrected chi connectivity index (χ0v) is 12.7. The number of hydrogen-bond acceptors (Lipinski definition) is 0. The van der Waals surface area contributed by atoms with E-state index in [1.807, 2.05) is 0 Å². The van der Waals surface area contributed by atoms with Gasteiger partial charge in [-0.1, -0.05) is 25.1 Å². The molecule has 0 unspecified atom stereocenters. The first kappa shape index (κ1) is 12.4. The van der Waals surface area contributed by atoms with Crippen LogP contribution in [0.1, 0.15) is 23.6 Å². The number of para-hydroxylation sites is 1. The molecule has 0 bridgehead atoms. The van der Waals surface area contributed by atoms with Crippen LogP contribution in [-0.2, 0) is 6.42 Å². The fourth-order valence-corrected chi connectivity index (χ4v) is 3.41. The Morgan fingerprint density at radius 3 is 2.62 bits per heavy atom. The Bertz CT molecular complexity index is 993. The number of nitrogens with one attached hydrogen (secondary N) is 1. The molecule has 1 aromatic carbocycles. The maximum absolute atomic E-state index is 3.61. The van der Waals surface area contributed by atoms with E-state index in [4.69, 9.17) is 0 Å². The lowest BCUT2D eigenvalue weighted by Crippen LogP contribution is -2.24. The molecule has 3 heterocycles. The topological polar surface area (TPSA) is 19.9 Å². The van der Waals surface area contributed by atoms with Gasteiger partial charge in [-0.15, -0.1) is 0 Å². The lowest BCUT2D eigenvalue weighted by Gasteiger charge is -2.06. The summed E-state index contributed by atoms with van der Waals surface area (Å²) in [6.07, 6.45) is 5.52. The fraction of sp³-hybridized carbons (Fsp3) is 0.211. The summed E-state index contributed by atoms with van der Waals surface area (Å²) in [5.41, 5.74) is 7.92. The number of aryl methyl sites for hydroxylation is 2. The number of aromatic amines is 1. The van der Waals surface area contributed by atoms with Crippen LogP contribution in [0, 0.1) is 13.8 Å². The second-order valence-corrected chi connectivity index (χ2v) is 5.79. The Balaban J connectivity index is 2.26. The van der Waals surface area contributed by atoms with E-state index in [9.17, 15) is 0 Å². The van der Waals surface area contributed by atoms with Gasteiger partial charge < -0.3 is 4.98 Å². The highest BCUT2D eigenvalue weighted by Crippen LogP contribution is 2.28. The molecule has 0 atom stereocenters. The van der Waals surface area contributed by atoms with Crippen LogP contribution in [-0.4, -0.2) is 4.98 Å². The normalized spacial score (nSPS) is 11.8. The average molecular weight is 275 g/mol. The average Bonchev–Trinajstić information content (AvgIpc) is 2.88. The van der Waals surface area contributed by atoms with Gasteiger partial charge in [0.1, 0.15) is 5.52 Å². The second-order valence-electron chi connectivity index (χ2n) is 5.79. The van der Waals surface area contributed by atoms with Crippen molar-refractivity contribution in [2.45, 2.75) is 27.2 Å². The minimum absolute atomic E-state index is 1.07. The second kappa shape index (κ2) is 4.32. The van der Waals surface area contributed by atoms with E-state index in [-0.39, 0.29) is 0 Å². The van der Waals surface area contributed by atoms with Gasteiger partial charge in [-0.05, 0) is 31.9 Å². The molecule has 0 spiro atoms. The van der Waals surface area contributed by atoms with Crippen molar-refractivity contribution in [3.8, 4) is 0 Å². The number of nitrogens with zero attached hydrogens (tertiary/aromatic N) is 1. The van der Waals surface area contributed by atoms with E-state index in [1.165, 1.54) is 44.0 Å². The molecule has 1 N–H and O–H groups in total. The van der Waals surface area contributed by atoms with Crippen LogP contribution in [0.25, 0.3) is 27.3 Å². The Morgan fingerprint density at radius 2 is 1.81 bits per heavy atom. The van der Waals surface area contributed by atoms with Crippen molar-refractivity contribution in [2.24, 2.45) is 0 Å². The van der Waals surface area contributed by atoms with Crippen LogP contribution in [0.5, 0.6) is 0 Å². The number of fused-ring (bicyclic) bond motifs is 5. The van der Waals surface area contributed by atoms with Gasteiger partial charge in [-0.25, -0.2) is 0 Å². The molecule has 4 aromatic rings. The number of H-pyrrole nitrogens is 1. The van der Waals surface area contributed by atoms with Crippen molar-refractivity contribution >= 4 is 27.3 Å². The van der Waals surface area contributed by atoms with Gasteiger partial charge in [0.2, 0.25) is 5.52 Å². The van der Waals surface area contributed by atoms with Crippen LogP contribution < -0.4 is 4.40 Å². The SMILES string of the molecule is CCc1c[n+]2ccc3c4ccccc4[nH]c3c2c(C)c1C. The van der Waals surface area contributed by atoms with E-state index in [0.717, 1.165) is 6.42 Å². The third-order valence-corrected chi connectivity index (χ3v) is 4.72. The van der Waals surface area contributed by atoms with Crippen LogP contribution >= 0.6 is 0 Å². The molecule has 0 aliphatic carbocycles. The first-order valence-electron chi connectivity index (χ1n) is 7.54. The van der Waals surface area contributed by atoms with Gasteiger partial charge in [-0.3, -0.25) is 0 Å². The smallest absolute Gasteiger partial charge is 0.238 e. The molecule has 0 amide bonds.